The Morgan fingerprint density at radius 3 is 1.21 bits per heavy atom. The molecule has 4 nitrogen and oxygen atoms in total. The fourth-order valence-electron chi connectivity index (χ4n) is 11.7. The van der Waals surface area contributed by atoms with Crippen molar-refractivity contribution in [2.45, 2.75) is 87.9 Å². The number of hydrogen-bond acceptors (Lipinski definition) is 4. The first-order valence-corrected chi connectivity index (χ1v) is 15.6. The monoisotopic (exact) mass is 516 g/mol. The van der Waals surface area contributed by atoms with E-state index in [-0.39, 0.29) is 24.0 Å². The summed E-state index contributed by atoms with van der Waals surface area (Å²) in [6, 6.07) is 9.24. The Bertz CT molecular complexity index is 1070. The van der Waals surface area contributed by atoms with E-state index < -0.39 is 0 Å². The molecule has 2 aromatic carbocycles. The molecule has 2 N–H and O–H groups in total. The van der Waals surface area contributed by atoms with Gasteiger partial charge in [0.15, 0.2) is 0 Å². The molecule has 8 aliphatic carbocycles. The van der Waals surface area contributed by atoms with E-state index in [4.69, 9.17) is 9.47 Å². The molecule has 0 amide bonds. The van der Waals surface area contributed by atoms with E-state index in [9.17, 15) is 10.2 Å². The van der Waals surface area contributed by atoms with E-state index in [1.54, 1.807) is 11.1 Å². The Labute approximate surface area is 227 Å². The molecule has 0 heterocycles. The standard InChI is InChI=1S/C34H44O4/c35-1-3-37-28-11-27-12-29(38-4-2-36)14-31(34-18-24-8-25(19-34)10-26(9-24)20-34)32(27)30(13-28)33-15-21-5-22(16-33)7-23(6-21)17-33/h11-14,21-26,35-36H,1-10,15-20H2. The third kappa shape index (κ3) is 3.76. The van der Waals surface area contributed by atoms with Gasteiger partial charge in [0, 0.05) is 0 Å². The maximum absolute atomic E-state index is 9.55. The van der Waals surface area contributed by atoms with Crippen LogP contribution in [0.1, 0.15) is 88.2 Å². The zero-order chi connectivity index (χ0) is 25.5. The molecule has 0 aromatic heterocycles. The molecule has 8 bridgehead atoms. The van der Waals surface area contributed by atoms with Gasteiger partial charge in [-0.25, -0.2) is 0 Å². The molecule has 38 heavy (non-hydrogen) atoms. The molecule has 0 aliphatic heterocycles. The summed E-state index contributed by atoms with van der Waals surface area (Å²) in [5.41, 5.74) is 3.63. The maximum Gasteiger partial charge on any atom is 0.120 e. The SMILES string of the molecule is OCCOc1cc(C23CC4CC(CC(C4)C2)C3)c2c(C34CC5CC(CC(C5)C3)C4)cc(OCCO)cc2c1. The first kappa shape index (κ1) is 24.1. The number of aliphatic hydroxyl groups excluding tert-OH is 2. The van der Waals surface area contributed by atoms with Crippen molar-refractivity contribution >= 4 is 10.8 Å². The van der Waals surface area contributed by atoms with Gasteiger partial charge < -0.3 is 19.7 Å². The van der Waals surface area contributed by atoms with Crippen LogP contribution in [0.5, 0.6) is 11.5 Å². The van der Waals surface area contributed by atoms with Crippen LogP contribution >= 0.6 is 0 Å². The van der Waals surface area contributed by atoms with Gasteiger partial charge in [0.1, 0.15) is 24.7 Å². The van der Waals surface area contributed by atoms with Crippen LogP contribution < -0.4 is 9.47 Å². The lowest BCUT2D eigenvalue weighted by Gasteiger charge is -2.59. The second kappa shape index (κ2) is 8.86. The van der Waals surface area contributed by atoms with Gasteiger partial charge in [0.05, 0.1) is 13.2 Å². The minimum atomic E-state index is 0.0307. The van der Waals surface area contributed by atoms with Crippen molar-refractivity contribution in [3.05, 3.63) is 35.4 Å². The molecule has 8 fully saturated rings. The summed E-state index contributed by atoms with van der Waals surface area (Å²) in [6.07, 6.45) is 16.7. The fourth-order valence-corrected chi connectivity index (χ4v) is 11.7. The van der Waals surface area contributed by atoms with Crippen LogP contribution in [0, 0.1) is 35.5 Å². The number of benzene rings is 2. The molecule has 0 saturated heterocycles. The van der Waals surface area contributed by atoms with Gasteiger partial charge in [0.2, 0.25) is 0 Å². The first-order chi connectivity index (χ1) is 18.5. The Morgan fingerprint density at radius 2 is 0.895 bits per heavy atom. The molecule has 0 atom stereocenters. The number of hydrogen-bond donors (Lipinski definition) is 2. The predicted molar refractivity (Wildman–Crippen MR) is 149 cm³/mol. The van der Waals surface area contributed by atoms with Crippen LogP contribution in [0.3, 0.4) is 0 Å². The molecule has 0 unspecified atom stereocenters. The summed E-state index contributed by atoms with van der Waals surface area (Å²) in [6.45, 7) is 0.717. The third-order valence-corrected chi connectivity index (χ3v) is 11.9. The molecule has 0 spiro atoms. The highest BCUT2D eigenvalue weighted by atomic mass is 16.5. The van der Waals surface area contributed by atoms with Crippen LogP contribution in [-0.2, 0) is 10.8 Å². The fraction of sp³-hybridized carbons (Fsp3) is 0.706. The van der Waals surface area contributed by atoms with Crippen molar-refractivity contribution in [3.63, 3.8) is 0 Å². The topological polar surface area (TPSA) is 58.9 Å². The van der Waals surface area contributed by atoms with Crippen LogP contribution in [0.25, 0.3) is 10.8 Å². The van der Waals surface area contributed by atoms with Crippen molar-refractivity contribution in [2.24, 2.45) is 35.5 Å². The van der Waals surface area contributed by atoms with E-state index in [0.717, 1.165) is 47.0 Å². The van der Waals surface area contributed by atoms with Gasteiger partial charge in [-0.15, -0.1) is 0 Å². The van der Waals surface area contributed by atoms with Gasteiger partial charge >= 0.3 is 0 Å². The lowest BCUT2D eigenvalue weighted by atomic mass is 9.46. The van der Waals surface area contributed by atoms with E-state index in [0.29, 0.717) is 13.2 Å². The summed E-state index contributed by atoms with van der Waals surface area (Å²) < 4.78 is 12.3. The Hall–Kier alpha value is -1.78. The van der Waals surface area contributed by atoms with Crippen molar-refractivity contribution < 1.29 is 19.7 Å². The highest BCUT2D eigenvalue weighted by Crippen LogP contribution is 2.65. The first-order valence-electron chi connectivity index (χ1n) is 15.6. The van der Waals surface area contributed by atoms with E-state index >= 15 is 0 Å². The summed E-state index contributed by atoms with van der Waals surface area (Å²) in [5.74, 6) is 7.09. The molecule has 10 rings (SSSR count). The molecule has 8 aliphatic rings. The number of rotatable bonds is 8. The maximum atomic E-state index is 9.55. The normalized spacial score (nSPS) is 40.3. The van der Waals surface area contributed by atoms with Crippen molar-refractivity contribution in [2.75, 3.05) is 26.4 Å². The molecule has 204 valence electrons. The van der Waals surface area contributed by atoms with Gasteiger partial charge in [-0.05, 0) is 170 Å². The van der Waals surface area contributed by atoms with Crippen LogP contribution in [-0.4, -0.2) is 36.6 Å². The smallest absolute Gasteiger partial charge is 0.120 e. The highest BCUT2D eigenvalue weighted by Gasteiger charge is 2.55. The minimum Gasteiger partial charge on any atom is -0.491 e. The van der Waals surface area contributed by atoms with Crippen LogP contribution in [0.2, 0.25) is 0 Å². The molecular formula is C34H44O4. The Balaban J connectivity index is 1.35. The number of ether oxygens (including phenoxy) is 2. The summed E-state index contributed by atoms with van der Waals surface area (Å²) in [7, 11) is 0. The van der Waals surface area contributed by atoms with E-state index in [2.05, 4.69) is 24.3 Å². The third-order valence-electron chi connectivity index (χ3n) is 11.9. The lowest BCUT2D eigenvalue weighted by Crippen LogP contribution is -2.50. The predicted octanol–water partition coefficient (Wildman–Crippen LogP) is 6.52. The summed E-state index contributed by atoms with van der Waals surface area (Å²) in [4.78, 5) is 0. The van der Waals surface area contributed by atoms with Gasteiger partial charge in [-0.2, -0.15) is 0 Å². The minimum absolute atomic E-state index is 0.0307. The van der Waals surface area contributed by atoms with E-state index in [1.165, 1.54) is 87.8 Å². The average molecular weight is 517 g/mol. The average Bonchev–Trinajstić information content (AvgIpc) is 2.88. The molecule has 8 saturated carbocycles. The second-order valence-electron chi connectivity index (χ2n) is 14.6. The highest BCUT2D eigenvalue weighted by molar-refractivity contribution is 5.93. The van der Waals surface area contributed by atoms with Crippen molar-refractivity contribution in [1.82, 2.24) is 0 Å². The van der Waals surface area contributed by atoms with Gasteiger partial charge in [-0.1, -0.05) is 0 Å². The van der Waals surface area contributed by atoms with E-state index in [1.807, 2.05) is 0 Å². The zero-order valence-corrected chi connectivity index (χ0v) is 22.8. The van der Waals surface area contributed by atoms with Crippen molar-refractivity contribution in [3.8, 4) is 11.5 Å². The van der Waals surface area contributed by atoms with Crippen molar-refractivity contribution in [1.29, 1.82) is 0 Å². The summed E-state index contributed by atoms with van der Waals surface area (Å²) >= 11 is 0. The lowest BCUT2D eigenvalue weighted by molar-refractivity contribution is -0.00691. The zero-order valence-electron chi connectivity index (χ0n) is 22.8. The van der Waals surface area contributed by atoms with Gasteiger partial charge in [0.25, 0.3) is 0 Å². The Kier molecular flexibility index (Phi) is 5.61. The molecule has 2 aromatic rings. The number of aliphatic hydroxyl groups is 2. The largest absolute Gasteiger partial charge is 0.491 e. The quantitative estimate of drug-likeness (QED) is 0.420. The molecule has 4 heteroatoms. The molecular weight excluding hydrogens is 472 g/mol. The second-order valence-corrected chi connectivity index (χ2v) is 14.6. The van der Waals surface area contributed by atoms with Crippen LogP contribution in [0.15, 0.2) is 24.3 Å². The Morgan fingerprint density at radius 1 is 0.553 bits per heavy atom. The summed E-state index contributed by atoms with van der Waals surface area (Å²) in [5, 5.41) is 21.9. The molecule has 0 radical (unpaired) electrons. The van der Waals surface area contributed by atoms with Crippen LogP contribution in [0.4, 0.5) is 0 Å². The number of fused-ring (bicyclic) bond motifs is 1. The van der Waals surface area contributed by atoms with Gasteiger partial charge in [-0.3, -0.25) is 0 Å².